The van der Waals surface area contributed by atoms with Crippen LogP contribution >= 0.6 is 11.3 Å². The molecule has 0 radical (unpaired) electrons. The number of nitrogens with one attached hydrogen (secondary N) is 2. The highest BCUT2D eigenvalue weighted by Crippen LogP contribution is 2.21. The fourth-order valence-corrected chi connectivity index (χ4v) is 2.05. The van der Waals surface area contributed by atoms with Crippen LogP contribution in [0.25, 0.3) is 10.7 Å². The van der Waals surface area contributed by atoms with Crippen molar-refractivity contribution in [1.82, 2.24) is 20.3 Å². The molecule has 0 aliphatic heterocycles. The summed E-state index contributed by atoms with van der Waals surface area (Å²) in [6.07, 6.45) is 6.27. The summed E-state index contributed by atoms with van der Waals surface area (Å²) in [5.41, 5.74) is 1.01. The van der Waals surface area contributed by atoms with Gasteiger partial charge in [0.15, 0.2) is 0 Å². The van der Waals surface area contributed by atoms with Crippen molar-refractivity contribution in [3.05, 3.63) is 23.6 Å². The summed E-state index contributed by atoms with van der Waals surface area (Å²) in [5.74, 6) is 0.993. The molecular formula is C10H12N4S. The van der Waals surface area contributed by atoms with Crippen molar-refractivity contribution in [1.29, 1.82) is 0 Å². The van der Waals surface area contributed by atoms with Crippen LogP contribution in [0.3, 0.4) is 0 Å². The zero-order chi connectivity index (χ0) is 10.1. The van der Waals surface area contributed by atoms with Crippen molar-refractivity contribution < 1.29 is 0 Å². The predicted octanol–water partition coefficient (Wildman–Crippen LogP) is 1.79. The predicted molar refractivity (Wildman–Crippen MR) is 59.6 cm³/mol. The maximum atomic E-state index is 4.32. The Labute approximate surface area is 91.8 Å². The van der Waals surface area contributed by atoms with E-state index in [1.54, 1.807) is 11.3 Å². The number of aromatic nitrogens is 3. The first-order valence-electron chi connectivity index (χ1n) is 5.09. The second-order valence-corrected chi connectivity index (χ2v) is 4.63. The largest absolute Gasteiger partial charge is 0.339 e. The van der Waals surface area contributed by atoms with Crippen molar-refractivity contribution >= 4 is 11.3 Å². The molecule has 78 valence electrons. The van der Waals surface area contributed by atoms with Crippen molar-refractivity contribution in [2.75, 3.05) is 0 Å². The summed E-state index contributed by atoms with van der Waals surface area (Å²) in [6.45, 7) is 0.829. The summed E-state index contributed by atoms with van der Waals surface area (Å²) >= 11 is 1.62. The van der Waals surface area contributed by atoms with Gasteiger partial charge in [-0.05, 0) is 12.8 Å². The molecule has 2 N–H and O–H groups in total. The summed E-state index contributed by atoms with van der Waals surface area (Å²) < 4.78 is 0. The molecule has 2 aromatic rings. The number of hydrogen-bond acceptors (Lipinski definition) is 4. The monoisotopic (exact) mass is 220 g/mol. The summed E-state index contributed by atoms with van der Waals surface area (Å²) in [4.78, 5) is 11.8. The van der Waals surface area contributed by atoms with Crippen molar-refractivity contribution in [3.63, 3.8) is 0 Å². The lowest BCUT2D eigenvalue weighted by molar-refractivity contribution is 0.664. The molecule has 2 heterocycles. The first-order valence-corrected chi connectivity index (χ1v) is 5.97. The summed E-state index contributed by atoms with van der Waals surface area (Å²) in [6, 6.07) is 0.721. The van der Waals surface area contributed by atoms with Gasteiger partial charge < -0.3 is 10.3 Å². The van der Waals surface area contributed by atoms with Gasteiger partial charge in [0.05, 0.1) is 18.4 Å². The van der Waals surface area contributed by atoms with E-state index in [-0.39, 0.29) is 0 Å². The van der Waals surface area contributed by atoms with E-state index in [4.69, 9.17) is 0 Å². The zero-order valence-electron chi connectivity index (χ0n) is 8.23. The average Bonchev–Trinajstić information content (AvgIpc) is 2.78. The topological polar surface area (TPSA) is 53.6 Å². The Morgan fingerprint density at radius 3 is 3.13 bits per heavy atom. The third-order valence-electron chi connectivity index (χ3n) is 2.43. The van der Waals surface area contributed by atoms with E-state index in [9.17, 15) is 0 Å². The van der Waals surface area contributed by atoms with Gasteiger partial charge in [0.2, 0.25) is 0 Å². The number of hydrogen-bond donors (Lipinski definition) is 2. The number of thiazole rings is 1. The third kappa shape index (κ3) is 2.08. The van der Waals surface area contributed by atoms with Crippen molar-refractivity contribution in [2.24, 2.45) is 0 Å². The van der Waals surface area contributed by atoms with Gasteiger partial charge in [0.1, 0.15) is 10.8 Å². The molecule has 0 amide bonds. The van der Waals surface area contributed by atoms with Gasteiger partial charge in [-0.2, -0.15) is 0 Å². The molecule has 15 heavy (non-hydrogen) atoms. The van der Waals surface area contributed by atoms with Crippen LogP contribution < -0.4 is 5.32 Å². The second-order valence-electron chi connectivity index (χ2n) is 3.74. The first-order chi connectivity index (χ1) is 7.42. The zero-order valence-corrected chi connectivity index (χ0v) is 9.05. The van der Waals surface area contributed by atoms with E-state index >= 15 is 0 Å². The van der Waals surface area contributed by atoms with Gasteiger partial charge in [-0.15, -0.1) is 11.3 Å². The van der Waals surface area contributed by atoms with E-state index in [0.29, 0.717) is 0 Å². The molecule has 0 saturated heterocycles. The molecule has 1 saturated carbocycles. The quantitative estimate of drug-likeness (QED) is 0.826. The molecule has 1 aliphatic rings. The minimum atomic E-state index is 0.721. The highest BCUT2D eigenvalue weighted by atomic mass is 32.1. The minimum absolute atomic E-state index is 0.721. The standard InChI is InChI=1S/C10H12N4S/c1-2-7(1)12-6-9-13-5-8(14-9)10-11-3-4-15-10/h3-5,7,12H,1-2,6H2,(H,13,14). The summed E-state index contributed by atoms with van der Waals surface area (Å²) in [7, 11) is 0. The maximum Gasteiger partial charge on any atom is 0.141 e. The fraction of sp³-hybridized carbons (Fsp3) is 0.400. The Hall–Kier alpha value is -1.20. The number of rotatable bonds is 4. The van der Waals surface area contributed by atoms with E-state index in [2.05, 4.69) is 20.3 Å². The van der Waals surface area contributed by atoms with E-state index in [1.807, 2.05) is 17.8 Å². The highest BCUT2D eigenvalue weighted by molar-refractivity contribution is 7.13. The lowest BCUT2D eigenvalue weighted by atomic mass is 10.5. The SMILES string of the molecule is c1csc(-c2cnc(CNC3CC3)[nH]2)n1. The number of aromatic amines is 1. The smallest absolute Gasteiger partial charge is 0.141 e. The maximum absolute atomic E-state index is 4.32. The van der Waals surface area contributed by atoms with Gasteiger partial charge in [-0.25, -0.2) is 9.97 Å². The molecule has 2 aromatic heterocycles. The lowest BCUT2D eigenvalue weighted by Gasteiger charge is -1.97. The molecule has 0 spiro atoms. The van der Waals surface area contributed by atoms with E-state index in [1.165, 1.54) is 12.8 Å². The fourth-order valence-electron chi connectivity index (χ4n) is 1.45. The van der Waals surface area contributed by atoms with Crippen LogP contribution in [-0.4, -0.2) is 21.0 Å². The van der Waals surface area contributed by atoms with Gasteiger partial charge in [0.25, 0.3) is 0 Å². The van der Waals surface area contributed by atoms with E-state index in [0.717, 1.165) is 29.1 Å². The van der Waals surface area contributed by atoms with E-state index < -0.39 is 0 Å². The van der Waals surface area contributed by atoms with Gasteiger partial charge in [-0.3, -0.25) is 0 Å². The molecule has 3 rings (SSSR count). The second kappa shape index (κ2) is 3.75. The summed E-state index contributed by atoms with van der Waals surface area (Å²) in [5, 5.41) is 6.39. The Morgan fingerprint density at radius 1 is 1.47 bits per heavy atom. The molecule has 0 atom stereocenters. The van der Waals surface area contributed by atoms with Crippen LogP contribution in [0.2, 0.25) is 0 Å². The van der Waals surface area contributed by atoms with Crippen LogP contribution in [0.1, 0.15) is 18.7 Å². The van der Waals surface area contributed by atoms with Crippen LogP contribution in [0.4, 0.5) is 0 Å². The number of nitrogens with zero attached hydrogens (tertiary/aromatic N) is 2. The number of H-pyrrole nitrogens is 1. The molecule has 0 bridgehead atoms. The molecule has 0 unspecified atom stereocenters. The Balaban J connectivity index is 1.69. The minimum Gasteiger partial charge on any atom is -0.339 e. The molecule has 0 aromatic carbocycles. The first kappa shape index (κ1) is 9.06. The highest BCUT2D eigenvalue weighted by Gasteiger charge is 2.20. The lowest BCUT2D eigenvalue weighted by Crippen LogP contribution is -2.16. The average molecular weight is 220 g/mol. The Kier molecular flexibility index (Phi) is 2.26. The van der Waals surface area contributed by atoms with Gasteiger partial charge >= 0.3 is 0 Å². The van der Waals surface area contributed by atoms with Gasteiger partial charge in [0, 0.05) is 17.6 Å². The normalized spacial score (nSPS) is 15.7. The number of imidazole rings is 1. The third-order valence-corrected chi connectivity index (χ3v) is 3.23. The van der Waals surface area contributed by atoms with Crippen molar-refractivity contribution in [2.45, 2.75) is 25.4 Å². The molecule has 1 aliphatic carbocycles. The van der Waals surface area contributed by atoms with Gasteiger partial charge in [-0.1, -0.05) is 0 Å². The molecule has 1 fully saturated rings. The Bertz CT molecular complexity index is 430. The van der Waals surface area contributed by atoms with Crippen molar-refractivity contribution in [3.8, 4) is 10.7 Å². The van der Waals surface area contributed by atoms with Crippen LogP contribution in [0.15, 0.2) is 17.8 Å². The molecular weight excluding hydrogens is 208 g/mol. The van der Waals surface area contributed by atoms with Crippen LogP contribution in [-0.2, 0) is 6.54 Å². The molecule has 4 nitrogen and oxygen atoms in total. The van der Waals surface area contributed by atoms with Crippen LogP contribution in [0.5, 0.6) is 0 Å². The van der Waals surface area contributed by atoms with Crippen LogP contribution in [0, 0.1) is 0 Å². The molecule has 5 heteroatoms. The Morgan fingerprint density at radius 2 is 2.40 bits per heavy atom.